The van der Waals surface area contributed by atoms with E-state index in [2.05, 4.69) is 36.6 Å². The highest BCUT2D eigenvalue weighted by Gasteiger charge is 2.38. The minimum Gasteiger partial charge on any atom is -0.508 e. The summed E-state index contributed by atoms with van der Waals surface area (Å²) in [7, 11) is 0. The van der Waals surface area contributed by atoms with Crippen LogP contribution in [0.3, 0.4) is 0 Å². The number of nitrogens with one attached hydrogen (secondary N) is 5. The lowest BCUT2D eigenvalue weighted by Gasteiger charge is -2.27. The molecule has 0 unspecified atom stereocenters. The number of aliphatic imine (C=N–C) groups is 2. The highest BCUT2D eigenvalue weighted by Crippen LogP contribution is 2.25. The first-order valence-electron chi connectivity index (χ1n) is 33.9. The number of aliphatic hydroxyl groups excluding tert-OH is 2. The lowest BCUT2D eigenvalue weighted by molar-refractivity contribution is -0.142. The smallest absolute Gasteiger partial charge is 0.305 e. The fraction of sp³-hybridized carbons (Fsp3) is 0.701. The van der Waals surface area contributed by atoms with Crippen LogP contribution in [0.5, 0.6) is 5.75 Å². The van der Waals surface area contributed by atoms with Crippen LogP contribution in [0.1, 0.15) is 169 Å². The highest BCUT2D eigenvalue weighted by molar-refractivity contribution is 7.98. The summed E-state index contributed by atoms with van der Waals surface area (Å²) >= 11 is 1.30. The summed E-state index contributed by atoms with van der Waals surface area (Å²) in [5, 5.41) is 54.9. The number of primary amides is 1. The van der Waals surface area contributed by atoms with Gasteiger partial charge < -0.3 is 87.1 Å². The van der Waals surface area contributed by atoms with Crippen LogP contribution in [0.25, 0.3) is 0 Å². The zero-order valence-electron chi connectivity index (χ0n) is 58.3. The Hall–Kier alpha value is -7.61. The van der Waals surface area contributed by atoms with E-state index >= 15 is 0 Å². The van der Waals surface area contributed by atoms with Gasteiger partial charge in [0.1, 0.15) is 17.6 Å². The molecule has 1 rings (SSSR count). The van der Waals surface area contributed by atoms with E-state index in [0.29, 0.717) is 31.4 Å². The molecule has 0 saturated heterocycles. The number of phenolic OH excluding ortho intramolecular Hbond substituents is 1. The normalized spacial score (nSPS) is 15.0. The summed E-state index contributed by atoms with van der Waals surface area (Å²) in [5.74, 6) is -16.7. The standard InChI is InChI=1S/C67H114N14O16S/c1-38(2)28-45(33-54(85)40(5)14-8-10-23-68)63(95)77-49(17-13-26-76-67(73)74)55(86)34-46(37-82)64(96)78-50(22-27-98-7)58(89)35-48(41(6)83)65(97)80-52(36-59(90)91)57(88)31-43(15-9-11-24-69)61(93)79-51(30-42-18-20-47(84)21-19-42)56(87)32-44(16-12-25-75-66(71)72)62(94)81-53(60(70)92)29-39(3)4/h18-21,38-41,43-46,48-53,82-84H,8-17,22-37,68-69H2,1-7H3,(H2,70,92)(H,77,95)(H,78,96)(H,79,93)(H,80,97)(H,81,94)(H,90,91)(H4,71,72,75)(H4,73,74,76)/t40-,41-,43+,44+,45+,46-,48-,49-,50-,51-,52-,53-/m0/s1. The number of thioether (sulfide) groups is 1. The second kappa shape index (κ2) is 48.2. The maximum absolute atomic E-state index is 14.6. The molecule has 554 valence electrons. The third-order valence-electron chi connectivity index (χ3n) is 16.7. The summed E-state index contributed by atoms with van der Waals surface area (Å²) in [6.07, 6.45) is -0.174. The molecular weight excluding hydrogens is 1290 g/mol. The van der Waals surface area contributed by atoms with Gasteiger partial charge in [0.2, 0.25) is 35.4 Å². The summed E-state index contributed by atoms with van der Waals surface area (Å²) in [6.45, 7) is 10.3. The van der Waals surface area contributed by atoms with Crippen LogP contribution in [0.4, 0.5) is 0 Å². The number of nitrogens with zero attached hydrogens (tertiary/aromatic N) is 2. The molecule has 1 aromatic carbocycles. The zero-order valence-corrected chi connectivity index (χ0v) is 59.1. The number of benzene rings is 1. The molecule has 0 aliphatic carbocycles. The molecule has 31 heteroatoms. The summed E-state index contributed by atoms with van der Waals surface area (Å²) < 4.78 is 0. The van der Waals surface area contributed by atoms with Gasteiger partial charge in [0.15, 0.2) is 35.1 Å². The van der Waals surface area contributed by atoms with E-state index in [-0.39, 0.29) is 131 Å². The fourth-order valence-electron chi connectivity index (χ4n) is 11.1. The first-order chi connectivity index (χ1) is 46.2. The third-order valence-corrected chi connectivity index (χ3v) is 17.4. The number of carbonyl (C=O) groups is 12. The van der Waals surface area contributed by atoms with Crippen molar-refractivity contribution in [1.82, 2.24) is 26.6 Å². The molecule has 0 fully saturated rings. The number of carboxylic acid groups (broad SMARTS) is 1. The minimum absolute atomic E-state index is 0.00380. The second-order valence-electron chi connectivity index (χ2n) is 26.3. The number of hydrogen-bond acceptors (Lipinski definition) is 20. The van der Waals surface area contributed by atoms with Crippen molar-refractivity contribution < 1.29 is 78.0 Å². The van der Waals surface area contributed by atoms with Crippen LogP contribution in [-0.2, 0) is 64.0 Å². The van der Waals surface area contributed by atoms with Gasteiger partial charge in [0, 0.05) is 68.9 Å². The van der Waals surface area contributed by atoms with E-state index in [1.807, 2.05) is 27.7 Å². The number of unbranched alkanes of at least 4 members (excludes halogenated alkanes) is 2. The number of carboxylic acids is 1. The Kier molecular flexibility index (Phi) is 43.5. The van der Waals surface area contributed by atoms with E-state index in [1.165, 1.54) is 43.0 Å². The predicted molar refractivity (Wildman–Crippen MR) is 374 cm³/mol. The first-order valence-corrected chi connectivity index (χ1v) is 35.3. The lowest BCUT2D eigenvalue weighted by atomic mass is 9.86. The minimum atomic E-state index is -1.85. The van der Waals surface area contributed by atoms with Gasteiger partial charge in [0.05, 0.1) is 55.1 Å². The van der Waals surface area contributed by atoms with Crippen LogP contribution >= 0.6 is 11.8 Å². The summed E-state index contributed by atoms with van der Waals surface area (Å²) in [6, 6.07) is -1.20. The fourth-order valence-corrected chi connectivity index (χ4v) is 11.5. The number of aliphatic carboxylic acids is 1. The molecule has 0 aliphatic heterocycles. The molecule has 30 nitrogen and oxygen atoms in total. The van der Waals surface area contributed by atoms with Crippen molar-refractivity contribution in [2.24, 2.45) is 97.5 Å². The predicted octanol–water partition coefficient (Wildman–Crippen LogP) is 0.415. The average molecular weight is 1400 g/mol. The van der Waals surface area contributed by atoms with E-state index in [9.17, 15) is 78.0 Å². The van der Waals surface area contributed by atoms with E-state index < -0.39 is 169 Å². The Morgan fingerprint density at radius 1 is 0.480 bits per heavy atom. The molecule has 0 spiro atoms. The number of guanidine groups is 2. The molecule has 0 radical (unpaired) electrons. The lowest BCUT2D eigenvalue weighted by Crippen LogP contribution is -2.51. The van der Waals surface area contributed by atoms with Crippen molar-refractivity contribution >= 4 is 94.0 Å². The number of aromatic hydroxyl groups is 1. The van der Waals surface area contributed by atoms with Crippen molar-refractivity contribution in [2.45, 2.75) is 206 Å². The van der Waals surface area contributed by atoms with Crippen molar-refractivity contribution in [1.29, 1.82) is 0 Å². The molecule has 0 aromatic heterocycles. The molecule has 23 N–H and O–H groups in total. The molecule has 12 atom stereocenters. The molecule has 0 heterocycles. The van der Waals surface area contributed by atoms with Crippen molar-refractivity contribution in [3.05, 3.63) is 29.8 Å². The van der Waals surface area contributed by atoms with Gasteiger partial charge in [0.25, 0.3) is 0 Å². The first kappa shape index (κ1) is 88.4. The van der Waals surface area contributed by atoms with Crippen LogP contribution in [0.15, 0.2) is 34.3 Å². The van der Waals surface area contributed by atoms with Gasteiger partial charge in [-0.2, -0.15) is 11.8 Å². The average Bonchev–Trinajstić information content (AvgIpc) is 0.880. The molecule has 1 aromatic rings. The summed E-state index contributed by atoms with van der Waals surface area (Å²) in [5.41, 5.74) is 39.6. The maximum atomic E-state index is 14.6. The number of phenols is 1. The Morgan fingerprint density at radius 2 is 0.908 bits per heavy atom. The van der Waals surface area contributed by atoms with Crippen molar-refractivity contribution in [2.75, 3.05) is 44.8 Å². The number of Topliss-reactive ketones (excluding diaryl/α,β-unsaturated/α-hetero) is 5. The molecule has 0 aliphatic rings. The third kappa shape index (κ3) is 36.3. The Balaban J connectivity index is 3.64. The molecule has 0 saturated carbocycles. The Labute approximate surface area is 580 Å². The largest absolute Gasteiger partial charge is 0.508 e. The van der Waals surface area contributed by atoms with Crippen LogP contribution in [0.2, 0.25) is 0 Å². The van der Waals surface area contributed by atoms with Crippen LogP contribution in [-0.4, -0.2) is 184 Å². The maximum Gasteiger partial charge on any atom is 0.305 e. The number of ketones is 5. The van der Waals surface area contributed by atoms with Gasteiger partial charge >= 0.3 is 5.97 Å². The van der Waals surface area contributed by atoms with Crippen molar-refractivity contribution in [3.8, 4) is 5.75 Å². The Morgan fingerprint density at radius 3 is 1.40 bits per heavy atom. The number of nitrogens with two attached hydrogens (primary N) is 7. The van der Waals surface area contributed by atoms with Gasteiger partial charge in [-0.3, -0.25) is 67.5 Å². The number of carbonyl (C=O) groups excluding carboxylic acids is 11. The number of aliphatic hydroxyl groups is 2. The van der Waals surface area contributed by atoms with E-state index in [4.69, 9.17) is 40.1 Å². The molecule has 98 heavy (non-hydrogen) atoms. The number of amides is 6. The van der Waals surface area contributed by atoms with Crippen LogP contribution in [0, 0.1) is 47.3 Å². The van der Waals surface area contributed by atoms with Crippen LogP contribution < -0.4 is 66.7 Å². The van der Waals surface area contributed by atoms with Gasteiger partial charge in [-0.15, -0.1) is 0 Å². The number of rotatable bonds is 55. The quantitative estimate of drug-likeness (QED) is 0.0239. The molecular formula is C67H114N14O16S. The van der Waals surface area contributed by atoms with Crippen molar-refractivity contribution in [3.63, 3.8) is 0 Å². The molecule has 0 bridgehead atoms. The summed E-state index contributed by atoms with van der Waals surface area (Å²) in [4.78, 5) is 175. The topological polar surface area (TPSA) is 553 Å². The van der Waals surface area contributed by atoms with Gasteiger partial charge in [-0.25, -0.2) is 0 Å². The van der Waals surface area contributed by atoms with Gasteiger partial charge in [-0.05, 0) is 139 Å². The SMILES string of the molecule is CSCC[C@H](NC(=O)[C@H](CO)CC(=O)[C@H](CCCN=C(N)N)NC(=O)[C@@H](CC(=O)[C@@H](C)CCCCN)CC(C)C)C(=O)C[C@H](C(=O)N[C@@H](CC(=O)O)C(=O)C[C@@H](CCCCN)C(=O)N[C@@H](Cc1ccc(O)cc1)C(=O)C[C@@H](CCCN=C(N)N)C(=O)N[C@@H](CC(C)C)C(N)=O)[C@H](C)O. The Bertz CT molecular complexity index is 2780. The van der Waals surface area contributed by atoms with E-state index in [1.54, 1.807) is 13.2 Å². The monoisotopic (exact) mass is 1400 g/mol. The zero-order chi connectivity index (χ0) is 74.2. The number of hydrogen-bond donors (Lipinski definition) is 16. The molecule has 6 amide bonds. The van der Waals surface area contributed by atoms with E-state index in [0.717, 1.165) is 12.8 Å². The second-order valence-corrected chi connectivity index (χ2v) is 27.2. The highest BCUT2D eigenvalue weighted by atomic mass is 32.2. The van der Waals surface area contributed by atoms with Gasteiger partial charge in [-0.1, -0.05) is 59.6 Å².